The molecule has 96 valence electrons. The first-order valence-corrected chi connectivity index (χ1v) is 6.88. The minimum atomic E-state index is 0.158. The van der Waals surface area contributed by atoms with Crippen LogP contribution in [0.15, 0.2) is 34.9 Å². The highest BCUT2D eigenvalue weighted by Crippen LogP contribution is 2.25. The molecular weight excluding hydrogens is 314 g/mol. The first kappa shape index (κ1) is 13.6. The standard InChI is InChI=1S/C13H15BrClN3/c1-16-12(13-11(15)8-17-18(13)2)7-9-3-5-10(14)6-4-9/h3-6,8,12,16H,7H2,1-2H3. The molecule has 2 rings (SSSR count). The Morgan fingerprint density at radius 2 is 2.06 bits per heavy atom. The van der Waals surface area contributed by atoms with Crippen molar-refractivity contribution in [2.75, 3.05) is 7.05 Å². The molecule has 2 aromatic rings. The number of aromatic nitrogens is 2. The molecule has 18 heavy (non-hydrogen) atoms. The van der Waals surface area contributed by atoms with Gasteiger partial charge in [0.2, 0.25) is 0 Å². The van der Waals surface area contributed by atoms with Crippen LogP contribution in [0.2, 0.25) is 5.02 Å². The van der Waals surface area contributed by atoms with E-state index >= 15 is 0 Å². The summed E-state index contributed by atoms with van der Waals surface area (Å²) in [7, 11) is 3.85. The lowest BCUT2D eigenvalue weighted by atomic mass is 10.0. The predicted octanol–water partition coefficient (Wildman–Crippen LogP) is 3.34. The Bertz CT molecular complexity index is 502. The molecule has 0 saturated carbocycles. The number of likely N-dealkylation sites (N-methyl/N-ethyl adjacent to an activating group) is 1. The van der Waals surface area contributed by atoms with Crippen molar-refractivity contribution in [3.63, 3.8) is 0 Å². The summed E-state index contributed by atoms with van der Waals surface area (Å²) in [4.78, 5) is 0. The molecule has 0 aliphatic carbocycles. The van der Waals surface area contributed by atoms with Crippen LogP contribution in [0.5, 0.6) is 0 Å². The van der Waals surface area contributed by atoms with E-state index < -0.39 is 0 Å². The van der Waals surface area contributed by atoms with Crippen LogP contribution in [0.1, 0.15) is 17.3 Å². The van der Waals surface area contributed by atoms with Gasteiger partial charge in [0.1, 0.15) is 0 Å². The second-order valence-corrected chi connectivity index (χ2v) is 5.50. The smallest absolute Gasteiger partial charge is 0.0834 e. The van der Waals surface area contributed by atoms with Crippen LogP contribution in [0.3, 0.4) is 0 Å². The largest absolute Gasteiger partial charge is 0.311 e. The molecule has 1 aromatic carbocycles. The first-order chi connectivity index (χ1) is 8.61. The molecule has 0 bridgehead atoms. The molecule has 1 atom stereocenters. The van der Waals surface area contributed by atoms with Crippen molar-refractivity contribution in [1.29, 1.82) is 0 Å². The zero-order chi connectivity index (χ0) is 13.1. The van der Waals surface area contributed by atoms with Crippen LogP contribution in [0.4, 0.5) is 0 Å². The van der Waals surface area contributed by atoms with E-state index in [0.29, 0.717) is 5.02 Å². The van der Waals surface area contributed by atoms with E-state index in [-0.39, 0.29) is 6.04 Å². The monoisotopic (exact) mass is 327 g/mol. The number of nitrogens with zero attached hydrogens (tertiary/aromatic N) is 2. The Balaban J connectivity index is 2.22. The van der Waals surface area contributed by atoms with E-state index in [1.165, 1.54) is 5.56 Å². The Morgan fingerprint density at radius 1 is 1.39 bits per heavy atom. The molecule has 5 heteroatoms. The van der Waals surface area contributed by atoms with Crippen molar-refractivity contribution < 1.29 is 0 Å². The van der Waals surface area contributed by atoms with Crippen molar-refractivity contribution in [1.82, 2.24) is 15.1 Å². The third kappa shape index (κ3) is 2.94. The lowest BCUT2D eigenvalue weighted by Crippen LogP contribution is -2.22. The molecule has 1 heterocycles. The highest BCUT2D eigenvalue weighted by Gasteiger charge is 2.17. The fraction of sp³-hybridized carbons (Fsp3) is 0.308. The van der Waals surface area contributed by atoms with Crippen molar-refractivity contribution >= 4 is 27.5 Å². The number of nitrogens with one attached hydrogen (secondary N) is 1. The van der Waals surface area contributed by atoms with Crippen LogP contribution in [-0.2, 0) is 13.5 Å². The van der Waals surface area contributed by atoms with Gasteiger partial charge in [-0.3, -0.25) is 4.68 Å². The summed E-state index contributed by atoms with van der Waals surface area (Å²) in [6, 6.07) is 8.48. The molecule has 0 fully saturated rings. The predicted molar refractivity (Wildman–Crippen MR) is 77.9 cm³/mol. The SMILES string of the molecule is CNC(Cc1ccc(Br)cc1)c1c(Cl)cnn1C. The Hall–Kier alpha value is -0.840. The number of rotatable bonds is 4. The molecule has 0 amide bonds. The molecule has 0 aliphatic rings. The third-order valence-corrected chi connectivity index (χ3v) is 3.79. The van der Waals surface area contributed by atoms with E-state index in [9.17, 15) is 0 Å². The van der Waals surface area contributed by atoms with Gasteiger partial charge in [-0.25, -0.2) is 0 Å². The maximum absolute atomic E-state index is 6.18. The second kappa shape index (κ2) is 5.87. The zero-order valence-electron chi connectivity index (χ0n) is 10.3. The summed E-state index contributed by atoms with van der Waals surface area (Å²) >= 11 is 9.62. The molecule has 1 N–H and O–H groups in total. The molecular formula is C13H15BrClN3. The fourth-order valence-corrected chi connectivity index (χ4v) is 2.57. The maximum atomic E-state index is 6.18. The van der Waals surface area contributed by atoms with Crippen molar-refractivity contribution in [2.45, 2.75) is 12.5 Å². The number of halogens is 2. The van der Waals surface area contributed by atoms with Crippen LogP contribution >= 0.6 is 27.5 Å². The van der Waals surface area contributed by atoms with Crippen molar-refractivity contribution in [2.24, 2.45) is 7.05 Å². The lowest BCUT2D eigenvalue weighted by Gasteiger charge is -2.17. The van der Waals surface area contributed by atoms with Gasteiger partial charge in [-0.15, -0.1) is 0 Å². The van der Waals surface area contributed by atoms with E-state index in [2.05, 4.69) is 38.5 Å². The second-order valence-electron chi connectivity index (χ2n) is 4.17. The van der Waals surface area contributed by atoms with E-state index in [1.807, 2.05) is 30.9 Å². The number of aryl methyl sites for hydroxylation is 1. The minimum absolute atomic E-state index is 0.158. The highest BCUT2D eigenvalue weighted by molar-refractivity contribution is 9.10. The Morgan fingerprint density at radius 3 is 2.56 bits per heavy atom. The lowest BCUT2D eigenvalue weighted by molar-refractivity contribution is 0.537. The van der Waals surface area contributed by atoms with Crippen LogP contribution in [0, 0.1) is 0 Å². The van der Waals surface area contributed by atoms with Crippen LogP contribution in [-0.4, -0.2) is 16.8 Å². The van der Waals surface area contributed by atoms with Gasteiger partial charge in [-0.1, -0.05) is 39.7 Å². The van der Waals surface area contributed by atoms with E-state index in [4.69, 9.17) is 11.6 Å². The summed E-state index contributed by atoms with van der Waals surface area (Å²) < 4.78 is 2.91. The van der Waals surface area contributed by atoms with Gasteiger partial charge < -0.3 is 5.32 Å². The molecule has 1 aromatic heterocycles. The summed E-state index contributed by atoms with van der Waals surface area (Å²) in [5.41, 5.74) is 2.27. The van der Waals surface area contributed by atoms with Gasteiger partial charge in [-0.05, 0) is 31.2 Å². The average Bonchev–Trinajstić information content (AvgIpc) is 2.69. The first-order valence-electron chi connectivity index (χ1n) is 5.71. The molecule has 1 unspecified atom stereocenters. The quantitative estimate of drug-likeness (QED) is 0.933. The minimum Gasteiger partial charge on any atom is -0.311 e. The van der Waals surface area contributed by atoms with Crippen LogP contribution < -0.4 is 5.32 Å². The molecule has 0 radical (unpaired) electrons. The Kier molecular flexibility index (Phi) is 4.43. The number of benzene rings is 1. The summed E-state index contributed by atoms with van der Waals surface area (Å²) in [6.07, 6.45) is 2.56. The van der Waals surface area contributed by atoms with Gasteiger partial charge >= 0.3 is 0 Å². The van der Waals surface area contributed by atoms with Crippen molar-refractivity contribution in [3.8, 4) is 0 Å². The number of hydrogen-bond donors (Lipinski definition) is 1. The molecule has 0 aliphatic heterocycles. The Labute approximate surface area is 120 Å². The van der Waals surface area contributed by atoms with Crippen LogP contribution in [0.25, 0.3) is 0 Å². The van der Waals surface area contributed by atoms with E-state index in [1.54, 1.807) is 6.20 Å². The van der Waals surface area contributed by atoms with Gasteiger partial charge in [0.25, 0.3) is 0 Å². The van der Waals surface area contributed by atoms with Gasteiger partial charge in [0.15, 0.2) is 0 Å². The molecule has 3 nitrogen and oxygen atoms in total. The topological polar surface area (TPSA) is 29.9 Å². The van der Waals surface area contributed by atoms with Gasteiger partial charge in [0.05, 0.1) is 23.0 Å². The zero-order valence-corrected chi connectivity index (χ0v) is 12.7. The summed E-state index contributed by atoms with van der Waals surface area (Å²) in [6.45, 7) is 0. The average molecular weight is 329 g/mol. The normalized spacial score (nSPS) is 12.7. The maximum Gasteiger partial charge on any atom is 0.0834 e. The third-order valence-electron chi connectivity index (χ3n) is 2.97. The highest BCUT2D eigenvalue weighted by atomic mass is 79.9. The summed E-state index contributed by atoms with van der Waals surface area (Å²) in [5.74, 6) is 0. The summed E-state index contributed by atoms with van der Waals surface area (Å²) in [5, 5.41) is 8.17. The number of hydrogen-bond acceptors (Lipinski definition) is 2. The van der Waals surface area contributed by atoms with Gasteiger partial charge in [0, 0.05) is 11.5 Å². The fourth-order valence-electron chi connectivity index (χ4n) is 2.00. The molecule has 0 spiro atoms. The van der Waals surface area contributed by atoms with Gasteiger partial charge in [-0.2, -0.15) is 5.10 Å². The van der Waals surface area contributed by atoms with E-state index in [0.717, 1.165) is 16.6 Å². The van der Waals surface area contributed by atoms with Crippen molar-refractivity contribution in [3.05, 3.63) is 51.2 Å². The molecule has 0 saturated heterocycles.